The van der Waals surface area contributed by atoms with Crippen molar-refractivity contribution < 1.29 is 0 Å². The van der Waals surface area contributed by atoms with Crippen LogP contribution in [0.3, 0.4) is 0 Å². The monoisotopic (exact) mass is 487 g/mol. The van der Waals surface area contributed by atoms with Gasteiger partial charge in [0.2, 0.25) is 5.28 Å². The number of aryl methyl sites for hydroxylation is 3. The third-order valence-corrected chi connectivity index (χ3v) is 8.77. The van der Waals surface area contributed by atoms with Crippen molar-refractivity contribution in [2.24, 2.45) is 5.92 Å². The Morgan fingerprint density at radius 3 is 2.53 bits per heavy atom. The molecule has 0 amide bonds. The van der Waals surface area contributed by atoms with Gasteiger partial charge in [0.05, 0.1) is 5.39 Å². The van der Waals surface area contributed by atoms with E-state index in [0.717, 1.165) is 36.1 Å². The van der Waals surface area contributed by atoms with E-state index in [-0.39, 0.29) is 0 Å². The molecule has 34 heavy (non-hydrogen) atoms. The number of benzene rings is 2. The van der Waals surface area contributed by atoms with E-state index < -0.39 is 0 Å². The lowest BCUT2D eigenvalue weighted by Gasteiger charge is -2.33. The lowest BCUT2D eigenvalue weighted by molar-refractivity contribution is 0.403. The summed E-state index contributed by atoms with van der Waals surface area (Å²) < 4.78 is 0. The Hall–Kier alpha value is -2.43. The second kappa shape index (κ2) is 9.31. The number of rotatable bonds is 4. The summed E-state index contributed by atoms with van der Waals surface area (Å²) in [7, 11) is 0. The quantitative estimate of drug-likeness (QED) is 0.277. The highest BCUT2D eigenvalue weighted by Crippen LogP contribution is 2.43. The van der Waals surface area contributed by atoms with Crippen LogP contribution in [0.1, 0.15) is 47.3 Å². The summed E-state index contributed by atoms with van der Waals surface area (Å²) in [5.41, 5.74) is 7.08. The van der Waals surface area contributed by atoms with Crippen molar-refractivity contribution in [1.29, 1.82) is 0 Å². The summed E-state index contributed by atoms with van der Waals surface area (Å²) >= 11 is 8.18. The molecule has 0 radical (unpaired) electrons. The summed E-state index contributed by atoms with van der Waals surface area (Å²) in [6.45, 7) is 4.24. The van der Waals surface area contributed by atoms with Crippen LogP contribution in [0.4, 0.5) is 5.82 Å². The highest BCUT2D eigenvalue weighted by Gasteiger charge is 2.26. The van der Waals surface area contributed by atoms with Crippen LogP contribution in [0, 0.1) is 12.8 Å². The Bertz CT molecular complexity index is 1320. The van der Waals surface area contributed by atoms with Gasteiger partial charge in [-0.15, -0.1) is 11.3 Å². The van der Waals surface area contributed by atoms with Crippen LogP contribution < -0.4 is 4.90 Å². The van der Waals surface area contributed by atoms with Crippen molar-refractivity contribution in [3.8, 4) is 11.1 Å². The van der Waals surface area contributed by atoms with Crippen LogP contribution >= 0.6 is 22.9 Å². The van der Waals surface area contributed by atoms with E-state index >= 15 is 0 Å². The number of piperidine rings is 1. The van der Waals surface area contributed by atoms with Gasteiger partial charge in [-0.3, -0.25) is 0 Å². The molecule has 0 atom stereocenters. The minimum Gasteiger partial charge on any atom is -0.356 e. The van der Waals surface area contributed by atoms with Crippen LogP contribution in [0.5, 0.6) is 0 Å². The van der Waals surface area contributed by atoms with Gasteiger partial charge in [-0.1, -0.05) is 48.5 Å². The topological polar surface area (TPSA) is 29.0 Å². The van der Waals surface area contributed by atoms with E-state index in [2.05, 4.69) is 65.3 Å². The molecule has 2 aliphatic rings. The minimum atomic E-state index is 0.354. The molecule has 0 saturated carbocycles. The number of hydrogen-bond acceptors (Lipinski definition) is 4. The lowest BCUT2D eigenvalue weighted by atomic mass is 9.88. The smallest absolute Gasteiger partial charge is 0.225 e. The molecule has 0 N–H and O–H groups in total. The fourth-order valence-corrected chi connectivity index (χ4v) is 7.08. The van der Waals surface area contributed by atoms with E-state index in [0.29, 0.717) is 5.28 Å². The number of fused-ring (bicyclic) bond motifs is 2. The Kier molecular flexibility index (Phi) is 6.04. The molecule has 1 fully saturated rings. The second-order valence-corrected chi connectivity index (χ2v) is 11.4. The van der Waals surface area contributed by atoms with E-state index in [1.54, 1.807) is 11.3 Å². The zero-order valence-corrected chi connectivity index (χ0v) is 21.3. The number of hydrogen-bond donors (Lipinski definition) is 0. The maximum absolute atomic E-state index is 6.44. The molecule has 0 spiro atoms. The third-order valence-electron chi connectivity index (χ3n) is 7.60. The van der Waals surface area contributed by atoms with Crippen molar-refractivity contribution >= 4 is 39.0 Å². The first-order valence-corrected chi connectivity index (χ1v) is 13.7. The van der Waals surface area contributed by atoms with E-state index in [1.165, 1.54) is 76.6 Å². The molecule has 1 saturated heterocycles. The molecule has 2 aromatic heterocycles. The molecule has 1 aliphatic heterocycles. The van der Waals surface area contributed by atoms with E-state index in [1.807, 2.05) is 0 Å². The van der Waals surface area contributed by atoms with Crippen molar-refractivity contribution in [3.05, 3.63) is 75.4 Å². The first-order valence-electron chi connectivity index (χ1n) is 12.5. The molecule has 3 nitrogen and oxygen atoms in total. The van der Waals surface area contributed by atoms with Crippen LogP contribution in [-0.4, -0.2) is 23.1 Å². The zero-order chi connectivity index (χ0) is 23.1. The van der Waals surface area contributed by atoms with Gasteiger partial charge in [0.1, 0.15) is 10.6 Å². The Balaban J connectivity index is 1.34. The molecular formula is C29H30ClN3S. The number of nitrogens with zero attached hydrogens (tertiary/aromatic N) is 3. The molecule has 0 bridgehead atoms. The number of halogens is 1. The molecule has 0 unspecified atom stereocenters. The second-order valence-electron chi connectivity index (χ2n) is 9.84. The molecule has 3 heterocycles. The Morgan fingerprint density at radius 2 is 1.74 bits per heavy atom. The molecule has 4 aromatic rings. The SMILES string of the molecule is Cc1sc2nc(Cl)nc(N3CCC(Cc4ccccc4)CC3)c2c1-c1ccc2c(c1)CCCC2. The van der Waals surface area contributed by atoms with Gasteiger partial charge in [0.15, 0.2) is 0 Å². The van der Waals surface area contributed by atoms with Crippen molar-refractivity contribution in [1.82, 2.24) is 9.97 Å². The number of thiophene rings is 1. The average Bonchev–Trinajstić information content (AvgIpc) is 3.19. The van der Waals surface area contributed by atoms with Gasteiger partial charge in [0, 0.05) is 23.5 Å². The molecule has 2 aromatic carbocycles. The first-order chi connectivity index (χ1) is 16.7. The summed E-state index contributed by atoms with van der Waals surface area (Å²) in [6.07, 6.45) is 8.51. The molecule has 1 aliphatic carbocycles. The summed E-state index contributed by atoms with van der Waals surface area (Å²) in [5.74, 6) is 1.74. The van der Waals surface area contributed by atoms with Crippen LogP contribution in [0.2, 0.25) is 5.28 Å². The molecular weight excluding hydrogens is 458 g/mol. The van der Waals surface area contributed by atoms with Gasteiger partial charge < -0.3 is 4.90 Å². The Morgan fingerprint density at radius 1 is 0.971 bits per heavy atom. The van der Waals surface area contributed by atoms with Gasteiger partial charge in [0.25, 0.3) is 0 Å². The zero-order valence-electron chi connectivity index (χ0n) is 19.7. The fraction of sp³-hybridized carbons (Fsp3) is 0.379. The maximum atomic E-state index is 6.44. The summed E-state index contributed by atoms with van der Waals surface area (Å²) in [4.78, 5) is 14.2. The molecule has 6 rings (SSSR count). The first kappa shape index (κ1) is 22.1. The predicted molar refractivity (Wildman–Crippen MR) is 144 cm³/mol. The normalized spacial score (nSPS) is 16.7. The average molecular weight is 488 g/mol. The summed E-state index contributed by atoms with van der Waals surface area (Å²) in [6, 6.07) is 18.0. The van der Waals surface area contributed by atoms with Crippen LogP contribution in [0.15, 0.2) is 48.5 Å². The minimum absolute atomic E-state index is 0.354. The third kappa shape index (κ3) is 4.23. The van der Waals surface area contributed by atoms with Gasteiger partial charge in [-0.2, -0.15) is 4.98 Å². The van der Waals surface area contributed by atoms with E-state index in [4.69, 9.17) is 16.6 Å². The maximum Gasteiger partial charge on any atom is 0.225 e. The van der Waals surface area contributed by atoms with Crippen molar-refractivity contribution in [2.75, 3.05) is 18.0 Å². The predicted octanol–water partition coefficient (Wildman–Crippen LogP) is 7.66. The van der Waals surface area contributed by atoms with Gasteiger partial charge in [-0.05, 0) is 91.6 Å². The van der Waals surface area contributed by atoms with Crippen LogP contribution in [-0.2, 0) is 19.3 Å². The van der Waals surface area contributed by atoms with Gasteiger partial charge >= 0.3 is 0 Å². The standard InChI is InChI=1S/C29H30ClN3S/c1-19-25(24-12-11-22-9-5-6-10-23(22)18-24)26-27(31-29(30)32-28(26)34-19)33-15-13-21(14-16-33)17-20-7-3-2-4-8-20/h2-4,7-8,11-12,18,21H,5-6,9-10,13-17H2,1H3. The highest BCUT2D eigenvalue weighted by atomic mass is 35.5. The van der Waals surface area contributed by atoms with E-state index in [9.17, 15) is 0 Å². The highest BCUT2D eigenvalue weighted by molar-refractivity contribution is 7.19. The lowest BCUT2D eigenvalue weighted by Crippen LogP contribution is -2.35. The number of aromatic nitrogens is 2. The Labute approximate surface area is 210 Å². The number of anilines is 1. The van der Waals surface area contributed by atoms with Gasteiger partial charge in [-0.25, -0.2) is 4.98 Å². The fourth-order valence-electron chi connectivity index (χ4n) is 5.83. The van der Waals surface area contributed by atoms with Crippen molar-refractivity contribution in [2.45, 2.75) is 51.9 Å². The molecule has 5 heteroatoms. The van der Waals surface area contributed by atoms with Crippen LogP contribution in [0.25, 0.3) is 21.3 Å². The largest absolute Gasteiger partial charge is 0.356 e. The summed E-state index contributed by atoms with van der Waals surface area (Å²) in [5, 5.41) is 1.54. The molecule has 174 valence electrons. The van der Waals surface area contributed by atoms with Crippen molar-refractivity contribution in [3.63, 3.8) is 0 Å².